The third-order valence-corrected chi connectivity index (χ3v) is 3.61. The van der Waals surface area contributed by atoms with Crippen LogP contribution in [0.3, 0.4) is 0 Å². The normalized spacial score (nSPS) is 14.4. The van der Waals surface area contributed by atoms with Gasteiger partial charge in [0, 0.05) is 24.1 Å². The van der Waals surface area contributed by atoms with Crippen LogP contribution in [0.2, 0.25) is 0 Å². The van der Waals surface area contributed by atoms with Gasteiger partial charge in [0.1, 0.15) is 0 Å². The Morgan fingerprint density at radius 1 is 0.850 bits per heavy atom. The lowest BCUT2D eigenvalue weighted by Gasteiger charge is -2.08. The maximum Gasteiger partial charge on any atom is 0.0892 e. The van der Waals surface area contributed by atoms with Crippen molar-refractivity contribution in [2.24, 2.45) is 0 Å². The van der Waals surface area contributed by atoms with E-state index in [9.17, 15) is 0 Å². The third kappa shape index (κ3) is 2.23. The molecule has 0 saturated heterocycles. The Morgan fingerprint density at radius 3 is 2.50 bits per heavy atom. The lowest BCUT2D eigenvalue weighted by atomic mass is 10.0. The summed E-state index contributed by atoms with van der Waals surface area (Å²) in [5.41, 5.74) is 5.46. The van der Waals surface area contributed by atoms with Gasteiger partial charge in [0.2, 0.25) is 0 Å². The van der Waals surface area contributed by atoms with Crippen LogP contribution in [-0.4, -0.2) is 16.0 Å². The molecule has 1 aliphatic rings. The highest BCUT2D eigenvalue weighted by atomic mass is 14.9. The summed E-state index contributed by atoms with van der Waals surface area (Å²) in [4.78, 5) is 8.68. The highest BCUT2D eigenvalue weighted by Crippen LogP contribution is 2.28. The molecule has 4 rings (SSSR count). The van der Waals surface area contributed by atoms with E-state index >= 15 is 0 Å². The van der Waals surface area contributed by atoms with Gasteiger partial charge in [-0.2, -0.15) is 0 Å². The van der Waals surface area contributed by atoms with E-state index in [4.69, 9.17) is 0 Å². The van der Waals surface area contributed by atoms with Crippen molar-refractivity contribution in [1.82, 2.24) is 9.97 Å². The minimum Gasteiger partial charge on any atom is -0.382 e. The van der Waals surface area contributed by atoms with Crippen molar-refractivity contribution in [3.05, 3.63) is 54.9 Å². The SMILES string of the molecule is c1cc(NC2CC2)cc(-c2ccc3nccnc3c2)c1. The fraction of sp³-hybridized carbons (Fsp3) is 0.176. The molecule has 20 heavy (non-hydrogen) atoms. The molecule has 0 aliphatic heterocycles. The van der Waals surface area contributed by atoms with Crippen molar-refractivity contribution in [3.8, 4) is 11.1 Å². The van der Waals surface area contributed by atoms with Crippen LogP contribution in [0.1, 0.15) is 12.8 Å². The van der Waals surface area contributed by atoms with Crippen LogP contribution < -0.4 is 5.32 Å². The molecule has 2 aromatic carbocycles. The van der Waals surface area contributed by atoms with Crippen LogP contribution in [0.15, 0.2) is 54.9 Å². The number of rotatable bonds is 3. The first-order valence-corrected chi connectivity index (χ1v) is 6.96. The van der Waals surface area contributed by atoms with Crippen molar-refractivity contribution in [1.29, 1.82) is 0 Å². The molecule has 1 aromatic heterocycles. The van der Waals surface area contributed by atoms with Crippen LogP contribution in [0.4, 0.5) is 5.69 Å². The number of nitrogens with zero attached hydrogens (tertiary/aromatic N) is 2. The molecule has 0 bridgehead atoms. The molecule has 1 fully saturated rings. The average Bonchev–Trinajstić information content (AvgIpc) is 3.31. The Balaban J connectivity index is 1.73. The summed E-state index contributed by atoms with van der Waals surface area (Å²) in [6, 6.07) is 15.5. The second kappa shape index (κ2) is 4.60. The molecule has 0 amide bonds. The van der Waals surface area contributed by atoms with Gasteiger partial charge >= 0.3 is 0 Å². The Kier molecular flexibility index (Phi) is 2.62. The number of fused-ring (bicyclic) bond motifs is 1. The number of anilines is 1. The first kappa shape index (κ1) is 11.4. The number of nitrogens with one attached hydrogen (secondary N) is 1. The Hall–Kier alpha value is -2.42. The molecule has 0 unspecified atom stereocenters. The Bertz CT molecular complexity index is 763. The van der Waals surface area contributed by atoms with Gasteiger partial charge in [0.25, 0.3) is 0 Å². The zero-order chi connectivity index (χ0) is 13.4. The summed E-state index contributed by atoms with van der Waals surface area (Å²) in [5, 5.41) is 3.54. The van der Waals surface area contributed by atoms with E-state index in [-0.39, 0.29) is 0 Å². The topological polar surface area (TPSA) is 37.8 Å². The molecule has 1 N–H and O–H groups in total. The van der Waals surface area contributed by atoms with Gasteiger partial charge < -0.3 is 5.32 Å². The lowest BCUT2D eigenvalue weighted by molar-refractivity contribution is 1.16. The monoisotopic (exact) mass is 261 g/mol. The predicted molar refractivity (Wildman–Crippen MR) is 81.6 cm³/mol. The van der Waals surface area contributed by atoms with E-state index in [1.54, 1.807) is 12.4 Å². The summed E-state index contributed by atoms with van der Waals surface area (Å²) < 4.78 is 0. The third-order valence-electron chi connectivity index (χ3n) is 3.61. The average molecular weight is 261 g/mol. The van der Waals surface area contributed by atoms with Crippen LogP contribution >= 0.6 is 0 Å². The highest BCUT2D eigenvalue weighted by molar-refractivity contribution is 5.81. The summed E-state index contributed by atoms with van der Waals surface area (Å²) >= 11 is 0. The molecular formula is C17H15N3. The zero-order valence-electron chi connectivity index (χ0n) is 11.1. The minimum absolute atomic E-state index is 0.674. The standard InChI is InChI=1S/C17H15N3/c1-2-12(10-15(3-1)20-14-5-6-14)13-4-7-16-17(11-13)19-9-8-18-16/h1-4,7-11,14,20H,5-6H2. The van der Waals surface area contributed by atoms with Gasteiger partial charge in [0.15, 0.2) is 0 Å². The second-order valence-corrected chi connectivity index (χ2v) is 5.26. The van der Waals surface area contributed by atoms with Crippen molar-refractivity contribution in [2.45, 2.75) is 18.9 Å². The van der Waals surface area contributed by atoms with Crippen molar-refractivity contribution < 1.29 is 0 Å². The number of hydrogen-bond acceptors (Lipinski definition) is 3. The first-order valence-electron chi connectivity index (χ1n) is 6.96. The maximum absolute atomic E-state index is 4.37. The Labute approximate surface area is 117 Å². The fourth-order valence-electron chi connectivity index (χ4n) is 2.39. The molecule has 98 valence electrons. The largest absolute Gasteiger partial charge is 0.382 e. The zero-order valence-corrected chi connectivity index (χ0v) is 11.1. The molecule has 3 aromatic rings. The van der Waals surface area contributed by atoms with Crippen LogP contribution in [-0.2, 0) is 0 Å². The number of hydrogen-bond donors (Lipinski definition) is 1. The Morgan fingerprint density at radius 2 is 1.65 bits per heavy atom. The summed E-state index contributed by atoms with van der Waals surface area (Å²) in [7, 11) is 0. The maximum atomic E-state index is 4.37. The van der Waals surface area contributed by atoms with Crippen molar-refractivity contribution >= 4 is 16.7 Å². The van der Waals surface area contributed by atoms with Gasteiger partial charge in [-0.3, -0.25) is 9.97 Å². The van der Waals surface area contributed by atoms with Gasteiger partial charge in [-0.1, -0.05) is 18.2 Å². The van der Waals surface area contributed by atoms with Crippen molar-refractivity contribution in [3.63, 3.8) is 0 Å². The predicted octanol–water partition coefficient (Wildman–Crippen LogP) is 3.87. The highest BCUT2D eigenvalue weighted by Gasteiger charge is 2.20. The molecule has 1 heterocycles. The van der Waals surface area contributed by atoms with E-state index in [0.717, 1.165) is 11.0 Å². The van der Waals surface area contributed by atoms with Gasteiger partial charge in [-0.25, -0.2) is 0 Å². The lowest BCUT2D eigenvalue weighted by Crippen LogP contribution is -2.00. The molecule has 0 atom stereocenters. The molecular weight excluding hydrogens is 246 g/mol. The molecule has 3 heteroatoms. The quantitative estimate of drug-likeness (QED) is 0.777. The van der Waals surface area contributed by atoms with Gasteiger partial charge in [-0.05, 0) is 48.2 Å². The van der Waals surface area contributed by atoms with Gasteiger partial charge in [-0.15, -0.1) is 0 Å². The van der Waals surface area contributed by atoms with E-state index in [1.165, 1.54) is 29.7 Å². The van der Waals surface area contributed by atoms with E-state index < -0.39 is 0 Å². The van der Waals surface area contributed by atoms with Crippen LogP contribution in [0.5, 0.6) is 0 Å². The summed E-state index contributed by atoms with van der Waals surface area (Å²) in [6.07, 6.45) is 6.03. The van der Waals surface area contributed by atoms with Gasteiger partial charge in [0.05, 0.1) is 11.0 Å². The molecule has 1 saturated carbocycles. The smallest absolute Gasteiger partial charge is 0.0892 e. The number of aromatic nitrogens is 2. The molecule has 0 radical (unpaired) electrons. The number of benzene rings is 2. The summed E-state index contributed by atoms with van der Waals surface area (Å²) in [5.74, 6) is 0. The second-order valence-electron chi connectivity index (χ2n) is 5.26. The fourth-order valence-corrected chi connectivity index (χ4v) is 2.39. The summed E-state index contributed by atoms with van der Waals surface area (Å²) in [6.45, 7) is 0. The molecule has 3 nitrogen and oxygen atoms in total. The van der Waals surface area contributed by atoms with Crippen LogP contribution in [0, 0.1) is 0 Å². The minimum atomic E-state index is 0.674. The van der Waals surface area contributed by atoms with Crippen molar-refractivity contribution in [2.75, 3.05) is 5.32 Å². The molecule has 0 spiro atoms. The molecule has 1 aliphatic carbocycles. The first-order chi connectivity index (χ1) is 9.88. The van der Waals surface area contributed by atoms with Crippen LogP contribution in [0.25, 0.3) is 22.2 Å². The van der Waals surface area contributed by atoms with E-state index in [1.807, 2.05) is 6.07 Å². The van der Waals surface area contributed by atoms with E-state index in [2.05, 4.69) is 51.7 Å². The van der Waals surface area contributed by atoms with E-state index in [0.29, 0.717) is 6.04 Å².